The summed E-state index contributed by atoms with van der Waals surface area (Å²) < 4.78 is 0. The quantitative estimate of drug-likeness (QED) is 0.761. The lowest BCUT2D eigenvalue weighted by atomic mass is 10.0. The zero-order valence-electron chi connectivity index (χ0n) is 11.0. The second-order valence-corrected chi connectivity index (χ2v) is 5.94. The number of carboxylic acid groups (broad SMARTS) is 1. The fourth-order valence-corrected chi connectivity index (χ4v) is 2.89. The van der Waals surface area contributed by atoms with E-state index in [1.807, 2.05) is 13.8 Å². The Labute approximate surface area is 103 Å². The largest absolute Gasteiger partial charge is 0.480 e. The van der Waals surface area contributed by atoms with Crippen LogP contribution in [0, 0.1) is 5.92 Å². The van der Waals surface area contributed by atoms with Gasteiger partial charge in [-0.2, -0.15) is 0 Å². The Balaban J connectivity index is 1.89. The number of aliphatic carboxylic acids is 1. The maximum Gasteiger partial charge on any atom is 0.320 e. The van der Waals surface area contributed by atoms with Crippen LogP contribution in [0.25, 0.3) is 0 Å². The summed E-state index contributed by atoms with van der Waals surface area (Å²) in [4.78, 5) is 13.7. The van der Waals surface area contributed by atoms with Crippen molar-refractivity contribution in [1.29, 1.82) is 0 Å². The third-order valence-corrected chi connectivity index (χ3v) is 3.99. The van der Waals surface area contributed by atoms with Gasteiger partial charge in [-0.3, -0.25) is 9.69 Å². The molecule has 98 valence electrons. The van der Waals surface area contributed by atoms with Crippen LogP contribution in [0.2, 0.25) is 0 Å². The fraction of sp³-hybridized carbons (Fsp3) is 0.923. The van der Waals surface area contributed by atoms with E-state index in [-0.39, 0.29) is 5.92 Å². The summed E-state index contributed by atoms with van der Waals surface area (Å²) in [6.07, 6.45) is 3.72. The normalized spacial score (nSPS) is 32.0. The molecule has 3 unspecified atom stereocenters. The van der Waals surface area contributed by atoms with E-state index in [2.05, 4.69) is 17.1 Å². The molecule has 1 aliphatic carbocycles. The lowest BCUT2D eigenvalue weighted by Gasteiger charge is -2.23. The van der Waals surface area contributed by atoms with Crippen LogP contribution in [0.3, 0.4) is 0 Å². The van der Waals surface area contributed by atoms with E-state index in [1.54, 1.807) is 0 Å². The molecular weight excluding hydrogens is 216 g/mol. The summed E-state index contributed by atoms with van der Waals surface area (Å²) in [5.74, 6) is -0.588. The maximum absolute atomic E-state index is 11.2. The molecule has 0 amide bonds. The van der Waals surface area contributed by atoms with Crippen molar-refractivity contribution in [2.45, 2.75) is 64.2 Å². The molecule has 0 bridgehead atoms. The Hall–Kier alpha value is -0.610. The van der Waals surface area contributed by atoms with Crippen molar-refractivity contribution in [3.05, 3.63) is 0 Å². The monoisotopic (exact) mass is 240 g/mol. The van der Waals surface area contributed by atoms with Gasteiger partial charge in [0.1, 0.15) is 6.04 Å². The third kappa shape index (κ3) is 2.99. The first-order chi connectivity index (χ1) is 7.99. The first-order valence-electron chi connectivity index (χ1n) is 6.73. The Kier molecular flexibility index (Phi) is 3.73. The van der Waals surface area contributed by atoms with Gasteiger partial charge < -0.3 is 10.4 Å². The van der Waals surface area contributed by atoms with Crippen molar-refractivity contribution in [2.24, 2.45) is 5.92 Å². The van der Waals surface area contributed by atoms with Crippen molar-refractivity contribution in [3.63, 3.8) is 0 Å². The number of hydrogen-bond donors (Lipinski definition) is 2. The highest BCUT2D eigenvalue weighted by molar-refractivity contribution is 5.73. The molecule has 1 saturated carbocycles. The van der Waals surface area contributed by atoms with Gasteiger partial charge in [0, 0.05) is 24.7 Å². The minimum absolute atomic E-state index is 0.137. The smallest absolute Gasteiger partial charge is 0.320 e. The summed E-state index contributed by atoms with van der Waals surface area (Å²) in [5.41, 5.74) is 0. The fourth-order valence-electron chi connectivity index (χ4n) is 2.89. The van der Waals surface area contributed by atoms with E-state index in [9.17, 15) is 9.90 Å². The first kappa shape index (κ1) is 12.8. The molecule has 2 aliphatic rings. The predicted molar refractivity (Wildman–Crippen MR) is 67.0 cm³/mol. The Morgan fingerprint density at radius 1 is 1.41 bits per heavy atom. The molecule has 3 atom stereocenters. The zero-order valence-corrected chi connectivity index (χ0v) is 11.0. The van der Waals surface area contributed by atoms with E-state index >= 15 is 0 Å². The summed E-state index contributed by atoms with van der Waals surface area (Å²) in [6.45, 7) is 7.19. The molecule has 4 heteroatoms. The van der Waals surface area contributed by atoms with Crippen LogP contribution in [0.4, 0.5) is 0 Å². The predicted octanol–water partition coefficient (Wildman–Crippen LogP) is 1.31. The van der Waals surface area contributed by atoms with E-state index in [4.69, 9.17) is 0 Å². The number of likely N-dealkylation sites (tertiary alicyclic amines) is 1. The minimum Gasteiger partial charge on any atom is -0.480 e. The number of nitrogens with zero attached hydrogens (tertiary/aromatic N) is 1. The maximum atomic E-state index is 11.2. The SMILES string of the molecule is CC(C)C(NC1CC(C)N(C2CC2)C1)C(=O)O. The lowest BCUT2D eigenvalue weighted by molar-refractivity contribution is -0.140. The minimum atomic E-state index is -0.725. The first-order valence-corrected chi connectivity index (χ1v) is 6.73. The van der Waals surface area contributed by atoms with Gasteiger partial charge in [-0.1, -0.05) is 13.8 Å². The van der Waals surface area contributed by atoms with Crippen LogP contribution in [-0.4, -0.2) is 46.7 Å². The second kappa shape index (κ2) is 4.94. The van der Waals surface area contributed by atoms with Crippen LogP contribution in [-0.2, 0) is 4.79 Å². The van der Waals surface area contributed by atoms with Gasteiger partial charge >= 0.3 is 5.97 Å². The molecule has 0 radical (unpaired) electrons. The van der Waals surface area contributed by atoms with Crippen LogP contribution in [0.15, 0.2) is 0 Å². The molecule has 0 aromatic rings. The highest BCUT2D eigenvalue weighted by atomic mass is 16.4. The topological polar surface area (TPSA) is 52.6 Å². The van der Waals surface area contributed by atoms with Crippen molar-refractivity contribution in [2.75, 3.05) is 6.54 Å². The molecular formula is C13H24N2O2. The summed E-state index contributed by atoms with van der Waals surface area (Å²) in [6, 6.07) is 1.31. The molecule has 2 fully saturated rings. The number of nitrogens with one attached hydrogen (secondary N) is 1. The Morgan fingerprint density at radius 2 is 2.06 bits per heavy atom. The molecule has 2 rings (SSSR count). The summed E-state index contributed by atoms with van der Waals surface area (Å²) >= 11 is 0. The number of rotatable bonds is 5. The molecule has 0 aromatic carbocycles. The van der Waals surface area contributed by atoms with Crippen molar-refractivity contribution in [1.82, 2.24) is 10.2 Å². The van der Waals surface area contributed by atoms with Gasteiger partial charge in [-0.15, -0.1) is 0 Å². The standard InChI is InChI=1S/C13H24N2O2/c1-8(2)12(13(16)17)14-10-6-9(3)15(7-10)11-4-5-11/h8-12,14H,4-7H2,1-3H3,(H,16,17). The molecule has 4 nitrogen and oxygen atoms in total. The molecule has 1 aliphatic heterocycles. The Morgan fingerprint density at radius 3 is 2.53 bits per heavy atom. The highest BCUT2D eigenvalue weighted by Gasteiger charge is 2.39. The van der Waals surface area contributed by atoms with Gasteiger partial charge in [-0.05, 0) is 32.1 Å². The summed E-state index contributed by atoms with van der Waals surface area (Å²) in [7, 11) is 0. The van der Waals surface area contributed by atoms with E-state index in [1.165, 1.54) is 12.8 Å². The second-order valence-electron chi connectivity index (χ2n) is 5.94. The van der Waals surface area contributed by atoms with Crippen LogP contribution in [0.5, 0.6) is 0 Å². The number of hydrogen-bond acceptors (Lipinski definition) is 3. The van der Waals surface area contributed by atoms with Crippen LogP contribution >= 0.6 is 0 Å². The van der Waals surface area contributed by atoms with E-state index < -0.39 is 12.0 Å². The number of carbonyl (C=O) groups is 1. The van der Waals surface area contributed by atoms with Crippen molar-refractivity contribution in [3.8, 4) is 0 Å². The third-order valence-electron chi connectivity index (χ3n) is 3.99. The van der Waals surface area contributed by atoms with Crippen molar-refractivity contribution >= 4 is 5.97 Å². The van der Waals surface area contributed by atoms with E-state index in [0.29, 0.717) is 12.1 Å². The van der Waals surface area contributed by atoms with Crippen molar-refractivity contribution < 1.29 is 9.90 Å². The van der Waals surface area contributed by atoms with Crippen LogP contribution in [0.1, 0.15) is 40.0 Å². The van der Waals surface area contributed by atoms with Gasteiger partial charge in [0.05, 0.1) is 0 Å². The molecule has 0 spiro atoms. The number of carboxylic acids is 1. The summed E-state index contributed by atoms with van der Waals surface area (Å²) in [5, 5.41) is 12.5. The molecule has 1 saturated heterocycles. The highest BCUT2D eigenvalue weighted by Crippen LogP contribution is 2.33. The van der Waals surface area contributed by atoms with Gasteiger partial charge in [0.15, 0.2) is 0 Å². The molecule has 1 heterocycles. The van der Waals surface area contributed by atoms with Gasteiger partial charge in [-0.25, -0.2) is 0 Å². The average molecular weight is 240 g/mol. The average Bonchev–Trinajstić information content (AvgIpc) is 2.99. The van der Waals surface area contributed by atoms with Gasteiger partial charge in [0.2, 0.25) is 0 Å². The molecule has 0 aromatic heterocycles. The van der Waals surface area contributed by atoms with Crippen LogP contribution < -0.4 is 5.32 Å². The zero-order chi connectivity index (χ0) is 12.6. The lowest BCUT2D eigenvalue weighted by Crippen LogP contribution is -2.47. The van der Waals surface area contributed by atoms with Gasteiger partial charge in [0.25, 0.3) is 0 Å². The Bertz CT molecular complexity index is 289. The molecule has 17 heavy (non-hydrogen) atoms. The molecule has 2 N–H and O–H groups in total. The van der Waals surface area contributed by atoms with E-state index in [0.717, 1.165) is 19.0 Å².